The van der Waals surface area contributed by atoms with Crippen LogP contribution >= 0.6 is 0 Å². The normalized spacial score (nSPS) is 15.9. The van der Waals surface area contributed by atoms with Crippen LogP contribution in [-0.4, -0.2) is 71.2 Å². The van der Waals surface area contributed by atoms with Gasteiger partial charge in [-0.05, 0) is 63.9 Å². The second-order valence-corrected chi connectivity index (χ2v) is 10.3. The fourth-order valence-electron chi connectivity index (χ4n) is 5.20. The van der Waals surface area contributed by atoms with Gasteiger partial charge in [0, 0.05) is 31.2 Å². The molecule has 3 heterocycles. The minimum absolute atomic E-state index is 0.0384. The molecule has 1 atom stereocenters. The fraction of sp³-hybridized carbons (Fsp3) is 0.517. The topological polar surface area (TPSA) is 92.6 Å². The van der Waals surface area contributed by atoms with E-state index in [0.29, 0.717) is 34.1 Å². The lowest BCUT2D eigenvalue weighted by Crippen LogP contribution is -2.41. The van der Waals surface area contributed by atoms with Gasteiger partial charge in [0.1, 0.15) is 18.1 Å². The molecule has 0 aliphatic carbocycles. The fourth-order valence-corrected chi connectivity index (χ4v) is 5.20. The Morgan fingerprint density at radius 1 is 1.24 bits per heavy atom. The number of nitrogens with zero attached hydrogens (tertiary/aromatic N) is 5. The number of piperidine rings is 1. The second kappa shape index (κ2) is 12.4. The van der Waals surface area contributed by atoms with E-state index in [-0.39, 0.29) is 24.1 Å². The molecule has 0 radical (unpaired) electrons. The molecule has 1 fully saturated rings. The van der Waals surface area contributed by atoms with Gasteiger partial charge in [0.2, 0.25) is 5.91 Å². The number of hydrogen-bond donors (Lipinski definition) is 1. The van der Waals surface area contributed by atoms with Crippen molar-refractivity contribution >= 4 is 22.6 Å². The van der Waals surface area contributed by atoms with Crippen molar-refractivity contribution in [3.8, 4) is 17.1 Å². The minimum atomic E-state index is -0.280. The molecule has 9 nitrogen and oxygen atoms in total. The average Bonchev–Trinajstić information content (AvgIpc) is 2.92. The number of carbonyl (C=O) groups is 1. The summed E-state index contributed by atoms with van der Waals surface area (Å²) in [4.78, 5) is 40.8. The maximum atomic E-state index is 13.9. The van der Waals surface area contributed by atoms with E-state index in [2.05, 4.69) is 33.9 Å². The lowest BCUT2D eigenvalue weighted by atomic mass is 9.97. The number of carbonyl (C=O) groups excluding carboxylic acids is 1. The van der Waals surface area contributed by atoms with Crippen molar-refractivity contribution in [3.05, 3.63) is 46.9 Å². The monoisotopic (exact) mass is 520 g/mol. The highest BCUT2D eigenvalue weighted by Crippen LogP contribution is 2.27. The van der Waals surface area contributed by atoms with Crippen molar-refractivity contribution in [3.63, 3.8) is 0 Å². The quantitative estimate of drug-likeness (QED) is 0.437. The van der Waals surface area contributed by atoms with Crippen molar-refractivity contribution in [2.75, 3.05) is 44.7 Å². The largest absolute Gasteiger partial charge is 0.497 e. The van der Waals surface area contributed by atoms with Crippen LogP contribution in [-0.2, 0) is 11.3 Å². The molecular weight excluding hydrogens is 480 g/mol. The highest BCUT2D eigenvalue weighted by molar-refractivity contribution is 5.82. The highest BCUT2D eigenvalue weighted by Gasteiger charge is 2.23. The minimum Gasteiger partial charge on any atom is -0.497 e. The molecule has 38 heavy (non-hydrogen) atoms. The number of pyridine rings is 1. The van der Waals surface area contributed by atoms with Crippen LogP contribution in [0, 0.1) is 5.92 Å². The van der Waals surface area contributed by atoms with Crippen LogP contribution in [0.2, 0.25) is 0 Å². The molecule has 1 unspecified atom stereocenters. The molecule has 2 aromatic heterocycles. The number of ether oxygens (including phenoxy) is 1. The van der Waals surface area contributed by atoms with Crippen molar-refractivity contribution in [1.29, 1.82) is 0 Å². The number of nitrogens with one attached hydrogen (secondary N) is 1. The first-order valence-corrected chi connectivity index (χ1v) is 13.6. The van der Waals surface area contributed by atoms with E-state index in [0.717, 1.165) is 44.8 Å². The molecular formula is C29H40N6O3. The SMILES string of the molecule is CCN(CC)CC1CCCN(c2cnc3nc(-c4cccc(OC)c4)n(CC(=O)NC(C)C)c(=O)c3c2)C1. The summed E-state index contributed by atoms with van der Waals surface area (Å²) in [6.07, 6.45) is 4.13. The Bertz CT molecular complexity index is 1320. The average molecular weight is 521 g/mol. The van der Waals surface area contributed by atoms with Gasteiger partial charge in [0.05, 0.1) is 24.4 Å². The number of benzene rings is 1. The summed E-state index contributed by atoms with van der Waals surface area (Å²) in [6, 6.07) is 9.18. The summed E-state index contributed by atoms with van der Waals surface area (Å²) in [5.74, 6) is 1.36. The van der Waals surface area contributed by atoms with Gasteiger partial charge < -0.3 is 19.9 Å². The van der Waals surface area contributed by atoms with Gasteiger partial charge in [0.25, 0.3) is 5.56 Å². The first-order chi connectivity index (χ1) is 18.3. The molecule has 1 amide bonds. The van der Waals surface area contributed by atoms with E-state index in [1.807, 2.05) is 50.4 Å². The van der Waals surface area contributed by atoms with Crippen molar-refractivity contribution in [2.45, 2.75) is 53.1 Å². The van der Waals surface area contributed by atoms with E-state index >= 15 is 0 Å². The molecule has 0 bridgehead atoms. The first-order valence-electron chi connectivity index (χ1n) is 13.6. The third-order valence-corrected chi connectivity index (χ3v) is 7.17. The standard InChI is InChI=1S/C29H40N6O3/c1-6-33(7-2)17-21-10-9-13-34(18-21)23-15-25-27(30-16-23)32-28(22-11-8-12-24(14-22)38-5)35(29(25)37)19-26(36)31-20(3)4/h8,11-12,14-16,20-21H,6-7,9-10,13,17-19H2,1-5H3,(H,31,36). The van der Waals surface area contributed by atoms with Crippen LogP contribution in [0.5, 0.6) is 5.75 Å². The van der Waals surface area contributed by atoms with Crippen LogP contribution in [0.25, 0.3) is 22.4 Å². The zero-order valence-corrected chi connectivity index (χ0v) is 23.2. The lowest BCUT2D eigenvalue weighted by molar-refractivity contribution is -0.122. The molecule has 3 aromatic rings. The summed E-state index contributed by atoms with van der Waals surface area (Å²) in [6.45, 7) is 13.1. The van der Waals surface area contributed by atoms with Gasteiger partial charge in [-0.3, -0.25) is 14.2 Å². The summed E-state index contributed by atoms with van der Waals surface area (Å²) in [5, 5.41) is 3.30. The van der Waals surface area contributed by atoms with Gasteiger partial charge in [-0.2, -0.15) is 0 Å². The summed E-state index contributed by atoms with van der Waals surface area (Å²) < 4.78 is 6.82. The Labute approximate surface area is 224 Å². The molecule has 4 rings (SSSR count). The molecule has 1 saturated heterocycles. The smallest absolute Gasteiger partial charge is 0.263 e. The molecule has 9 heteroatoms. The summed E-state index contributed by atoms with van der Waals surface area (Å²) >= 11 is 0. The van der Waals surface area contributed by atoms with Crippen molar-refractivity contribution in [2.24, 2.45) is 5.92 Å². The van der Waals surface area contributed by atoms with Gasteiger partial charge in [-0.1, -0.05) is 26.0 Å². The zero-order valence-electron chi connectivity index (χ0n) is 23.2. The van der Waals surface area contributed by atoms with Crippen LogP contribution in [0.3, 0.4) is 0 Å². The first kappa shape index (κ1) is 27.6. The Balaban J connectivity index is 1.74. The van der Waals surface area contributed by atoms with E-state index in [4.69, 9.17) is 9.72 Å². The van der Waals surface area contributed by atoms with E-state index in [1.165, 1.54) is 11.0 Å². The molecule has 1 aliphatic heterocycles. The Morgan fingerprint density at radius 3 is 2.74 bits per heavy atom. The number of rotatable bonds is 10. The number of hydrogen-bond acceptors (Lipinski definition) is 7. The maximum Gasteiger partial charge on any atom is 0.263 e. The van der Waals surface area contributed by atoms with Crippen LogP contribution < -0.4 is 20.5 Å². The lowest BCUT2D eigenvalue weighted by Gasteiger charge is -2.36. The zero-order chi connectivity index (χ0) is 27.2. The Hall–Kier alpha value is -3.46. The van der Waals surface area contributed by atoms with Crippen molar-refractivity contribution < 1.29 is 9.53 Å². The number of methoxy groups -OCH3 is 1. The van der Waals surface area contributed by atoms with Gasteiger partial charge in [0.15, 0.2) is 5.65 Å². The molecule has 204 valence electrons. The van der Waals surface area contributed by atoms with Crippen LogP contribution in [0.1, 0.15) is 40.5 Å². The number of anilines is 1. The highest BCUT2D eigenvalue weighted by atomic mass is 16.5. The van der Waals surface area contributed by atoms with Crippen LogP contribution in [0.15, 0.2) is 41.3 Å². The number of fused-ring (bicyclic) bond motifs is 1. The van der Waals surface area contributed by atoms with Crippen molar-refractivity contribution in [1.82, 2.24) is 24.8 Å². The molecule has 1 aliphatic rings. The Kier molecular flexibility index (Phi) is 8.99. The van der Waals surface area contributed by atoms with Gasteiger partial charge in [-0.25, -0.2) is 9.97 Å². The maximum absolute atomic E-state index is 13.9. The van der Waals surface area contributed by atoms with E-state index in [1.54, 1.807) is 7.11 Å². The Morgan fingerprint density at radius 2 is 2.03 bits per heavy atom. The van der Waals surface area contributed by atoms with Gasteiger partial charge >= 0.3 is 0 Å². The summed E-state index contributed by atoms with van der Waals surface area (Å²) in [5.41, 5.74) is 1.70. The summed E-state index contributed by atoms with van der Waals surface area (Å²) in [7, 11) is 1.59. The molecule has 0 spiro atoms. The molecule has 1 aromatic carbocycles. The molecule has 0 saturated carbocycles. The van der Waals surface area contributed by atoms with E-state index in [9.17, 15) is 9.59 Å². The van der Waals surface area contributed by atoms with Gasteiger partial charge in [-0.15, -0.1) is 0 Å². The van der Waals surface area contributed by atoms with Crippen LogP contribution in [0.4, 0.5) is 5.69 Å². The third-order valence-electron chi connectivity index (χ3n) is 7.17. The number of amides is 1. The third kappa shape index (κ3) is 6.32. The number of aromatic nitrogens is 3. The predicted molar refractivity (Wildman–Crippen MR) is 152 cm³/mol. The molecule has 1 N–H and O–H groups in total. The van der Waals surface area contributed by atoms with E-state index < -0.39 is 0 Å². The predicted octanol–water partition coefficient (Wildman–Crippen LogP) is 3.55. The second-order valence-electron chi connectivity index (χ2n) is 10.3.